The lowest BCUT2D eigenvalue weighted by atomic mass is 10.1. The Morgan fingerprint density at radius 1 is 1.32 bits per heavy atom. The third kappa shape index (κ3) is 2.96. The number of halogens is 4. The Hall–Kier alpha value is -1.80. The van der Waals surface area contributed by atoms with Crippen LogP contribution in [0.2, 0.25) is 5.02 Å². The fourth-order valence-electron chi connectivity index (χ4n) is 1.38. The second kappa shape index (κ2) is 5.06. The number of nitrogens with two attached hydrogens (primary N) is 1. The molecule has 9 heteroatoms. The monoisotopic (exact) mass is 292 g/mol. The van der Waals surface area contributed by atoms with E-state index in [1.165, 1.54) is 12.1 Å². The van der Waals surface area contributed by atoms with Gasteiger partial charge in [0.05, 0.1) is 22.8 Å². The average molecular weight is 293 g/mol. The number of hydrogen-bond donors (Lipinski definition) is 2. The molecule has 1 heterocycles. The van der Waals surface area contributed by atoms with Gasteiger partial charge in [0, 0.05) is 0 Å². The van der Waals surface area contributed by atoms with Crippen molar-refractivity contribution in [3.63, 3.8) is 0 Å². The molecule has 0 aliphatic carbocycles. The van der Waals surface area contributed by atoms with Crippen LogP contribution in [0, 0.1) is 0 Å². The molecular formula is C10H8ClF3N4O. The van der Waals surface area contributed by atoms with Crippen LogP contribution in [-0.2, 0) is 12.7 Å². The maximum Gasteiger partial charge on any atom is 0.418 e. The molecule has 0 bridgehead atoms. The van der Waals surface area contributed by atoms with Crippen LogP contribution in [0.1, 0.15) is 11.5 Å². The molecule has 0 saturated carbocycles. The standard InChI is InChI=1S/C10H8ClF3N4O/c11-6-3-1-2-5(10(12,13)14)8(6)16-9-18-17-7(4-15)19-9/h1-3H,4,15H2,(H,16,18). The summed E-state index contributed by atoms with van der Waals surface area (Å²) in [5, 5.41) is 9.28. The molecule has 3 N–H and O–H groups in total. The van der Waals surface area contributed by atoms with Crippen LogP contribution in [0.3, 0.4) is 0 Å². The van der Waals surface area contributed by atoms with E-state index in [2.05, 4.69) is 15.5 Å². The number of hydrogen-bond acceptors (Lipinski definition) is 5. The van der Waals surface area contributed by atoms with Crippen LogP contribution >= 0.6 is 11.6 Å². The molecule has 0 atom stereocenters. The summed E-state index contributed by atoms with van der Waals surface area (Å²) < 4.78 is 43.4. The van der Waals surface area contributed by atoms with E-state index in [-0.39, 0.29) is 29.2 Å². The van der Waals surface area contributed by atoms with Gasteiger partial charge in [0.25, 0.3) is 0 Å². The Labute approximate surface area is 110 Å². The Bertz CT molecular complexity index is 584. The third-order valence-electron chi connectivity index (χ3n) is 2.19. The fourth-order valence-corrected chi connectivity index (χ4v) is 1.60. The van der Waals surface area contributed by atoms with Crippen LogP contribution < -0.4 is 11.1 Å². The first-order valence-electron chi connectivity index (χ1n) is 5.07. The highest BCUT2D eigenvalue weighted by molar-refractivity contribution is 6.33. The first kappa shape index (κ1) is 13.6. The second-order valence-corrected chi connectivity index (χ2v) is 3.90. The number of para-hydroxylation sites is 1. The Balaban J connectivity index is 2.38. The summed E-state index contributed by atoms with van der Waals surface area (Å²) in [4.78, 5) is 0. The summed E-state index contributed by atoms with van der Waals surface area (Å²) in [6.07, 6.45) is -4.55. The highest BCUT2D eigenvalue weighted by Gasteiger charge is 2.34. The van der Waals surface area contributed by atoms with Crippen LogP contribution in [0.4, 0.5) is 24.9 Å². The summed E-state index contributed by atoms with van der Waals surface area (Å²) in [6, 6.07) is 3.21. The quantitative estimate of drug-likeness (QED) is 0.909. The molecule has 19 heavy (non-hydrogen) atoms. The first-order valence-corrected chi connectivity index (χ1v) is 5.45. The number of benzene rings is 1. The predicted octanol–water partition coefficient (Wildman–Crippen LogP) is 2.94. The van der Waals surface area contributed by atoms with Crippen LogP contribution in [-0.4, -0.2) is 10.2 Å². The zero-order chi connectivity index (χ0) is 14.0. The molecular weight excluding hydrogens is 285 g/mol. The molecule has 0 spiro atoms. The van der Waals surface area contributed by atoms with Gasteiger partial charge in [-0.2, -0.15) is 13.2 Å². The van der Waals surface area contributed by atoms with E-state index in [9.17, 15) is 13.2 Å². The van der Waals surface area contributed by atoms with Crippen LogP contribution in [0.15, 0.2) is 22.6 Å². The second-order valence-electron chi connectivity index (χ2n) is 3.49. The van der Waals surface area contributed by atoms with E-state index in [0.29, 0.717) is 0 Å². The lowest BCUT2D eigenvalue weighted by molar-refractivity contribution is -0.136. The minimum atomic E-state index is -4.55. The number of nitrogens with zero attached hydrogens (tertiary/aromatic N) is 2. The van der Waals surface area contributed by atoms with Crippen molar-refractivity contribution in [1.29, 1.82) is 0 Å². The maximum absolute atomic E-state index is 12.8. The van der Waals surface area contributed by atoms with E-state index in [1.54, 1.807) is 0 Å². The topological polar surface area (TPSA) is 77.0 Å². The Kier molecular flexibility index (Phi) is 3.63. The molecule has 2 aromatic rings. The van der Waals surface area contributed by atoms with Crippen molar-refractivity contribution in [3.8, 4) is 0 Å². The van der Waals surface area contributed by atoms with Gasteiger partial charge >= 0.3 is 12.2 Å². The smallest absolute Gasteiger partial charge is 0.406 e. The average Bonchev–Trinajstić information content (AvgIpc) is 2.78. The summed E-state index contributed by atoms with van der Waals surface area (Å²) >= 11 is 5.75. The lowest BCUT2D eigenvalue weighted by Gasteiger charge is -2.13. The van der Waals surface area contributed by atoms with E-state index in [4.69, 9.17) is 21.8 Å². The number of rotatable bonds is 3. The molecule has 1 aromatic carbocycles. The van der Waals surface area contributed by atoms with Gasteiger partial charge in [-0.05, 0) is 12.1 Å². The van der Waals surface area contributed by atoms with Gasteiger partial charge in [-0.1, -0.05) is 22.8 Å². The van der Waals surface area contributed by atoms with Gasteiger partial charge < -0.3 is 15.5 Å². The van der Waals surface area contributed by atoms with Gasteiger partial charge in [0.2, 0.25) is 5.89 Å². The molecule has 0 aliphatic rings. The molecule has 0 radical (unpaired) electrons. The minimum absolute atomic E-state index is 0.0106. The van der Waals surface area contributed by atoms with Gasteiger partial charge in [-0.15, -0.1) is 5.10 Å². The van der Waals surface area contributed by atoms with Gasteiger partial charge in [-0.25, -0.2) is 0 Å². The molecule has 0 fully saturated rings. The molecule has 0 amide bonds. The third-order valence-corrected chi connectivity index (χ3v) is 2.51. The number of aromatic nitrogens is 2. The van der Waals surface area contributed by atoms with Crippen molar-refractivity contribution in [1.82, 2.24) is 10.2 Å². The van der Waals surface area contributed by atoms with E-state index >= 15 is 0 Å². The van der Waals surface area contributed by atoms with Crippen molar-refractivity contribution >= 4 is 23.3 Å². The van der Waals surface area contributed by atoms with Crippen molar-refractivity contribution in [2.24, 2.45) is 5.73 Å². The molecule has 0 saturated heterocycles. The number of anilines is 2. The summed E-state index contributed by atoms with van der Waals surface area (Å²) in [5.74, 6) is 0.100. The van der Waals surface area contributed by atoms with Gasteiger partial charge in [0.15, 0.2) is 0 Å². The molecule has 0 aliphatic heterocycles. The van der Waals surface area contributed by atoms with Crippen molar-refractivity contribution in [2.45, 2.75) is 12.7 Å². The zero-order valence-corrected chi connectivity index (χ0v) is 10.1. The Morgan fingerprint density at radius 3 is 2.63 bits per heavy atom. The molecule has 102 valence electrons. The van der Waals surface area contributed by atoms with Crippen molar-refractivity contribution < 1.29 is 17.6 Å². The first-order chi connectivity index (χ1) is 8.91. The Morgan fingerprint density at radius 2 is 2.05 bits per heavy atom. The van der Waals surface area contributed by atoms with E-state index in [1.807, 2.05) is 0 Å². The highest BCUT2D eigenvalue weighted by atomic mass is 35.5. The SMILES string of the molecule is NCc1nnc(Nc2c(Cl)cccc2C(F)(F)F)o1. The fraction of sp³-hybridized carbons (Fsp3) is 0.200. The van der Waals surface area contributed by atoms with Gasteiger partial charge in [0.1, 0.15) is 0 Å². The van der Waals surface area contributed by atoms with Crippen LogP contribution in [0.5, 0.6) is 0 Å². The highest BCUT2D eigenvalue weighted by Crippen LogP contribution is 2.39. The largest absolute Gasteiger partial charge is 0.418 e. The zero-order valence-electron chi connectivity index (χ0n) is 9.33. The molecule has 0 unspecified atom stereocenters. The molecule has 5 nitrogen and oxygen atoms in total. The van der Waals surface area contributed by atoms with E-state index < -0.39 is 11.7 Å². The van der Waals surface area contributed by atoms with E-state index in [0.717, 1.165) is 6.07 Å². The summed E-state index contributed by atoms with van der Waals surface area (Å²) in [5.41, 5.74) is 3.99. The minimum Gasteiger partial charge on any atom is -0.406 e. The van der Waals surface area contributed by atoms with Crippen LogP contribution in [0.25, 0.3) is 0 Å². The predicted molar refractivity (Wildman–Crippen MR) is 61.9 cm³/mol. The molecule has 1 aromatic heterocycles. The van der Waals surface area contributed by atoms with Crippen molar-refractivity contribution in [2.75, 3.05) is 5.32 Å². The summed E-state index contributed by atoms with van der Waals surface area (Å²) in [6.45, 7) is -0.0106. The lowest BCUT2D eigenvalue weighted by Crippen LogP contribution is -2.09. The van der Waals surface area contributed by atoms with Gasteiger partial charge in [-0.3, -0.25) is 0 Å². The maximum atomic E-state index is 12.8. The molecule has 2 rings (SSSR count). The number of nitrogens with one attached hydrogen (secondary N) is 1. The summed E-state index contributed by atoms with van der Waals surface area (Å²) in [7, 11) is 0. The normalized spacial score (nSPS) is 11.6. The number of alkyl halides is 3. The van der Waals surface area contributed by atoms with Crippen molar-refractivity contribution in [3.05, 3.63) is 34.7 Å².